The van der Waals surface area contributed by atoms with Crippen LogP contribution in [-0.4, -0.2) is 10.9 Å². The van der Waals surface area contributed by atoms with Crippen molar-refractivity contribution >= 4 is 5.78 Å². The molecule has 0 bridgehead atoms. The molecule has 0 radical (unpaired) electrons. The maximum Gasteiger partial charge on any atom is 0.190 e. The number of Topliss-reactive ketones (excluding diaryl/α,β-unsaturated/α-hetero) is 1. The second kappa shape index (κ2) is 2.49. The normalized spacial score (nSPS) is 11.5. The van der Waals surface area contributed by atoms with Crippen molar-refractivity contribution in [3.05, 3.63) is 18.0 Å². The van der Waals surface area contributed by atoms with Gasteiger partial charge >= 0.3 is 0 Å². The van der Waals surface area contributed by atoms with Crippen LogP contribution in [0.2, 0.25) is 0 Å². The van der Waals surface area contributed by atoms with Gasteiger partial charge in [-0.3, -0.25) is 4.79 Å². The van der Waals surface area contributed by atoms with Crippen LogP contribution in [0.25, 0.3) is 0 Å². The Balaban J connectivity index is 2.88. The predicted molar refractivity (Wildman–Crippen MR) is 40.3 cm³/mol. The fourth-order valence-electron chi connectivity index (χ4n) is 0.714. The summed E-state index contributed by atoms with van der Waals surface area (Å²) in [7, 11) is 0. The highest BCUT2D eigenvalue weighted by molar-refractivity contribution is 5.97. The van der Waals surface area contributed by atoms with E-state index in [0.29, 0.717) is 5.69 Å². The molecule has 0 aliphatic heterocycles. The van der Waals surface area contributed by atoms with Crippen molar-refractivity contribution in [1.82, 2.24) is 5.16 Å². The monoisotopic (exact) mass is 153 g/mol. The zero-order valence-electron chi connectivity index (χ0n) is 6.92. The number of rotatable bonds is 1. The first kappa shape index (κ1) is 7.98. The van der Waals surface area contributed by atoms with Gasteiger partial charge in [-0.2, -0.15) is 0 Å². The van der Waals surface area contributed by atoms with Crippen LogP contribution in [0.3, 0.4) is 0 Å². The lowest BCUT2D eigenvalue weighted by Gasteiger charge is -2.13. The maximum atomic E-state index is 11.4. The van der Waals surface area contributed by atoms with Gasteiger partial charge in [0.1, 0.15) is 12.0 Å². The molecule has 1 aromatic heterocycles. The Kier molecular flexibility index (Phi) is 1.81. The third kappa shape index (κ3) is 1.67. The minimum Gasteiger partial charge on any atom is -0.364 e. The summed E-state index contributed by atoms with van der Waals surface area (Å²) < 4.78 is 4.56. The Morgan fingerprint density at radius 1 is 1.55 bits per heavy atom. The topological polar surface area (TPSA) is 43.1 Å². The van der Waals surface area contributed by atoms with E-state index in [0.717, 1.165) is 0 Å². The first-order chi connectivity index (χ1) is 5.02. The molecule has 0 fully saturated rings. The number of aromatic nitrogens is 1. The SMILES string of the molecule is CC(C)(C)C(=O)c1ccon1. The minimum atomic E-state index is -0.378. The average molecular weight is 153 g/mol. The summed E-state index contributed by atoms with van der Waals surface area (Å²) >= 11 is 0. The van der Waals surface area contributed by atoms with Gasteiger partial charge in [0.05, 0.1) is 0 Å². The number of carbonyl (C=O) groups excluding carboxylic acids is 1. The second-order valence-electron chi connectivity index (χ2n) is 3.46. The van der Waals surface area contributed by atoms with Crippen LogP contribution in [0.5, 0.6) is 0 Å². The van der Waals surface area contributed by atoms with Crippen molar-refractivity contribution < 1.29 is 9.32 Å². The summed E-state index contributed by atoms with van der Waals surface area (Å²) in [5.74, 6) is 0.00579. The van der Waals surface area contributed by atoms with Crippen LogP contribution >= 0.6 is 0 Å². The average Bonchev–Trinajstić information content (AvgIpc) is 2.34. The highest BCUT2D eigenvalue weighted by Crippen LogP contribution is 2.18. The van der Waals surface area contributed by atoms with E-state index in [-0.39, 0.29) is 11.2 Å². The third-order valence-electron chi connectivity index (χ3n) is 1.35. The molecule has 1 aromatic rings. The van der Waals surface area contributed by atoms with E-state index in [1.54, 1.807) is 6.07 Å². The standard InChI is InChI=1S/C8H11NO2/c1-8(2,3)7(10)6-4-5-11-9-6/h4-5H,1-3H3. The van der Waals surface area contributed by atoms with Gasteiger partial charge in [-0.05, 0) is 0 Å². The molecule has 1 rings (SSSR count). The number of carbonyl (C=O) groups is 1. The summed E-state index contributed by atoms with van der Waals surface area (Å²) in [5, 5.41) is 3.56. The third-order valence-corrected chi connectivity index (χ3v) is 1.35. The Labute approximate surface area is 65.4 Å². The van der Waals surface area contributed by atoms with E-state index in [1.165, 1.54) is 6.26 Å². The van der Waals surface area contributed by atoms with Crippen LogP contribution in [0.1, 0.15) is 31.3 Å². The lowest BCUT2D eigenvalue weighted by atomic mass is 9.89. The molecule has 0 amide bonds. The quantitative estimate of drug-likeness (QED) is 0.579. The molecule has 0 unspecified atom stereocenters. The van der Waals surface area contributed by atoms with Crippen molar-refractivity contribution in [2.45, 2.75) is 20.8 Å². The number of hydrogen-bond acceptors (Lipinski definition) is 3. The van der Waals surface area contributed by atoms with Gasteiger partial charge in [-0.25, -0.2) is 0 Å². The minimum absolute atomic E-state index is 0.00579. The highest BCUT2D eigenvalue weighted by Gasteiger charge is 2.24. The van der Waals surface area contributed by atoms with Gasteiger partial charge in [0.15, 0.2) is 5.78 Å². The summed E-state index contributed by atoms with van der Waals surface area (Å²) in [4.78, 5) is 11.4. The van der Waals surface area contributed by atoms with E-state index in [2.05, 4.69) is 9.68 Å². The van der Waals surface area contributed by atoms with Gasteiger partial charge in [-0.1, -0.05) is 25.9 Å². The molecule has 0 N–H and O–H groups in total. The lowest BCUT2D eigenvalue weighted by Crippen LogP contribution is -2.20. The molecule has 0 aliphatic rings. The number of ketones is 1. The molecular weight excluding hydrogens is 142 g/mol. The fourth-order valence-corrected chi connectivity index (χ4v) is 0.714. The van der Waals surface area contributed by atoms with E-state index in [4.69, 9.17) is 0 Å². The largest absolute Gasteiger partial charge is 0.364 e. The summed E-state index contributed by atoms with van der Waals surface area (Å²) in [6.45, 7) is 5.55. The van der Waals surface area contributed by atoms with Crippen LogP contribution in [0.15, 0.2) is 16.9 Å². The van der Waals surface area contributed by atoms with Crippen molar-refractivity contribution in [2.24, 2.45) is 5.41 Å². The van der Waals surface area contributed by atoms with Crippen LogP contribution < -0.4 is 0 Å². The van der Waals surface area contributed by atoms with Crippen molar-refractivity contribution in [3.8, 4) is 0 Å². The van der Waals surface area contributed by atoms with Crippen molar-refractivity contribution in [1.29, 1.82) is 0 Å². The van der Waals surface area contributed by atoms with E-state index in [1.807, 2.05) is 20.8 Å². The zero-order chi connectivity index (χ0) is 8.48. The smallest absolute Gasteiger partial charge is 0.190 e. The van der Waals surface area contributed by atoms with Gasteiger partial charge < -0.3 is 4.52 Å². The Morgan fingerprint density at radius 3 is 2.55 bits per heavy atom. The molecule has 0 saturated heterocycles. The molecule has 0 aromatic carbocycles. The molecule has 0 saturated carbocycles. The van der Waals surface area contributed by atoms with Gasteiger partial charge in [0, 0.05) is 11.5 Å². The molecule has 3 nitrogen and oxygen atoms in total. The molecule has 0 atom stereocenters. The molecule has 60 valence electrons. The second-order valence-corrected chi connectivity index (χ2v) is 3.46. The van der Waals surface area contributed by atoms with Gasteiger partial charge in [0.25, 0.3) is 0 Å². The van der Waals surface area contributed by atoms with E-state index in [9.17, 15) is 4.79 Å². The Bertz CT molecular complexity index is 244. The predicted octanol–water partition coefficient (Wildman–Crippen LogP) is 1.90. The van der Waals surface area contributed by atoms with Crippen LogP contribution in [0, 0.1) is 5.41 Å². The van der Waals surface area contributed by atoms with Crippen molar-refractivity contribution in [3.63, 3.8) is 0 Å². The molecule has 3 heteroatoms. The first-order valence-electron chi connectivity index (χ1n) is 3.47. The number of nitrogens with zero attached hydrogens (tertiary/aromatic N) is 1. The fraction of sp³-hybridized carbons (Fsp3) is 0.500. The van der Waals surface area contributed by atoms with Crippen LogP contribution in [-0.2, 0) is 0 Å². The molecule has 0 aliphatic carbocycles. The highest BCUT2D eigenvalue weighted by atomic mass is 16.5. The lowest BCUT2D eigenvalue weighted by molar-refractivity contribution is 0.0848. The molecule has 0 spiro atoms. The molecule has 11 heavy (non-hydrogen) atoms. The van der Waals surface area contributed by atoms with Gasteiger partial charge in [0.2, 0.25) is 0 Å². The summed E-state index contributed by atoms with van der Waals surface area (Å²) in [6.07, 6.45) is 1.40. The zero-order valence-corrected chi connectivity index (χ0v) is 6.92. The molecular formula is C8H11NO2. The van der Waals surface area contributed by atoms with Crippen molar-refractivity contribution in [2.75, 3.05) is 0 Å². The summed E-state index contributed by atoms with van der Waals surface area (Å²) in [5.41, 5.74) is 0.0224. The Morgan fingerprint density at radius 2 is 2.18 bits per heavy atom. The first-order valence-corrected chi connectivity index (χ1v) is 3.47. The number of hydrogen-bond donors (Lipinski definition) is 0. The summed E-state index contributed by atoms with van der Waals surface area (Å²) in [6, 6.07) is 1.58. The molecule has 1 heterocycles. The Hall–Kier alpha value is -1.12. The maximum absolute atomic E-state index is 11.4. The van der Waals surface area contributed by atoms with E-state index < -0.39 is 0 Å². The van der Waals surface area contributed by atoms with E-state index >= 15 is 0 Å². The van der Waals surface area contributed by atoms with Gasteiger partial charge in [-0.15, -0.1) is 0 Å². The van der Waals surface area contributed by atoms with Crippen LogP contribution in [0.4, 0.5) is 0 Å².